The van der Waals surface area contributed by atoms with E-state index >= 15 is 0 Å². The average molecular weight is 410 g/mol. The first-order valence-electron chi connectivity index (χ1n) is 11.1. The zero-order chi connectivity index (χ0) is 20.9. The summed E-state index contributed by atoms with van der Waals surface area (Å²) < 4.78 is 6.05. The lowest BCUT2D eigenvalue weighted by molar-refractivity contribution is 0.306. The maximum absolute atomic E-state index is 6.05. The molecule has 0 aliphatic carbocycles. The van der Waals surface area contributed by atoms with Gasteiger partial charge < -0.3 is 9.72 Å². The number of fused-ring (bicyclic) bond motifs is 3. The zero-order valence-electron chi connectivity index (χ0n) is 17.6. The van der Waals surface area contributed by atoms with Crippen LogP contribution in [-0.4, -0.2) is 21.8 Å². The van der Waals surface area contributed by atoms with E-state index in [1.165, 1.54) is 46.6 Å². The minimum atomic E-state index is 0.742. The van der Waals surface area contributed by atoms with E-state index in [0.717, 1.165) is 36.5 Å². The van der Waals surface area contributed by atoms with Gasteiger partial charge in [-0.15, -0.1) is 0 Å². The van der Waals surface area contributed by atoms with Crippen LogP contribution in [0.15, 0.2) is 79.0 Å². The highest BCUT2D eigenvalue weighted by Gasteiger charge is 2.07. The lowest BCUT2D eigenvalue weighted by Gasteiger charge is -2.10. The van der Waals surface area contributed by atoms with Crippen molar-refractivity contribution in [1.29, 1.82) is 0 Å². The molecule has 0 bridgehead atoms. The maximum atomic E-state index is 6.05. The third-order valence-electron chi connectivity index (χ3n) is 5.87. The van der Waals surface area contributed by atoms with Gasteiger partial charge in [0.1, 0.15) is 5.75 Å². The maximum Gasteiger partial charge on any atom is 0.128 e. The SMILES string of the molecule is c1ccc(-c2ccn[nH]2)c(OCCCCCCc2ccc3c(c2)[nH]c2ccccc23)c1. The Bertz CT molecular complexity index is 1270. The standard InChI is InChI=1S/C27H27N3O/c1(2-8-18-31-27-13-7-5-11-23(27)25-16-17-28-30-25)3-9-20-14-15-22-21-10-4-6-12-24(21)29-26(22)19-20/h4-7,10-17,19,29H,1-3,8-9,18H2,(H,28,30). The predicted octanol–water partition coefficient (Wildman–Crippen LogP) is 6.89. The highest BCUT2D eigenvalue weighted by molar-refractivity contribution is 6.07. The van der Waals surface area contributed by atoms with Crippen LogP contribution in [0.1, 0.15) is 31.2 Å². The molecule has 4 nitrogen and oxygen atoms in total. The van der Waals surface area contributed by atoms with Crippen molar-refractivity contribution in [3.05, 3.63) is 84.6 Å². The van der Waals surface area contributed by atoms with E-state index in [-0.39, 0.29) is 0 Å². The van der Waals surface area contributed by atoms with E-state index in [1.807, 2.05) is 24.3 Å². The number of nitrogens with one attached hydrogen (secondary N) is 2. The molecule has 0 aliphatic rings. The van der Waals surface area contributed by atoms with E-state index in [4.69, 9.17) is 4.74 Å². The average Bonchev–Trinajstić information content (AvgIpc) is 3.46. The van der Waals surface area contributed by atoms with Crippen molar-refractivity contribution < 1.29 is 4.74 Å². The molecule has 5 rings (SSSR count). The fourth-order valence-electron chi connectivity index (χ4n) is 4.25. The number of benzene rings is 3. The number of rotatable bonds is 9. The fourth-order valence-corrected chi connectivity index (χ4v) is 4.25. The first-order chi connectivity index (χ1) is 15.4. The predicted molar refractivity (Wildman–Crippen MR) is 127 cm³/mol. The Kier molecular flexibility index (Phi) is 5.70. The van der Waals surface area contributed by atoms with Crippen LogP contribution in [-0.2, 0) is 6.42 Å². The smallest absolute Gasteiger partial charge is 0.128 e. The first kappa shape index (κ1) is 19.4. The Morgan fingerprint density at radius 1 is 0.742 bits per heavy atom. The molecule has 2 N–H and O–H groups in total. The fraction of sp³-hybridized carbons (Fsp3) is 0.222. The molecule has 0 aliphatic heterocycles. The summed E-state index contributed by atoms with van der Waals surface area (Å²) in [6.45, 7) is 0.742. The molecular weight excluding hydrogens is 382 g/mol. The van der Waals surface area contributed by atoms with Crippen LogP contribution in [0.3, 0.4) is 0 Å². The molecule has 2 heterocycles. The van der Waals surface area contributed by atoms with Crippen LogP contribution in [0.25, 0.3) is 33.1 Å². The molecule has 0 fully saturated rings. The number of para-hydroxylation sites is 2. The summed E-state index contributed by atoms with van der Waals surface area (Å²) in [5.74, 6) is 0.915. The zero-order valence-corrected chi connectivity index (χ0v) is 17.6. The first-order valence-corrected chi connectivity index (χ1v) is 11.1. The molecule has 0 spiro atoms. The Morgan fingerprint density at radius 3 is 2.52 bits per heavy atom. The Labute approximate surface area is 182 Å². The van der Waals surface area contributed by atoms with Gasteiger partial charge >= 0.3 is 0 Å². The summed E-state index contributed by atoms with van der Waals surface area (Å²) in [4.78, 5) is 3.54. The number of ether oxygens (including phenoxy) is 1. The van der Waals surface area contributed by atoms with Crippen molar-refractivity contribution in [2.75, 3.05) is 6.61 Å². The van der Waals surface area contributed by atoms with Gasteiger partial charge in [0.05, 0.1) is 12.3 Å². The molecule has 3 aromatic carbocycles. The minimum Gasteiger partial charge on any atom is -0.493 e. The summed E-state index contributed by atoms with van der Waals surface area (Å²) in [6, 6.07) is 25.4. The van der Waals surface area contributed by atoms with Crippen LogP contribution in [0.5, 0.6) is 5.75 Å². The monoisotopic (exact) mass is 409 g/mol. The topological polar surface area (TPSA) is 53.7 Å². The highest BCUT2D eigenvalue weighted by Crippen LogP contribution is 2.28. The summed E-state index contributed by atoms with van der Waals surface area (Å²) in [6.07, 6.45) is 7.56. The number of hydrogen-bond acceptors (Lipinski definition) is 2. The van der Waals surface area contributed by atoms with Gasteiger partial charge in [-0.05, 0) is 55.2 Å². The Hall–Kier alpha value is -3.53. The lowest BCUT2D eigenvalue weighted by Crippen LogP contribution is -1.99. The number of unbranched alkanes of at least 4 members (excludes halogenated alkanes) is 3. The summed E-state index contributed by atoms with van der Waals surface area (Å²) in [5, 5.41) is 9.67. The lowest BCUT2D eigenvalue weighted by atomic mass is 10.0. The van der Waals surface area contributed by atoms with Crippen molar-refractivity contribution in [2.24, 2.45) is 0 Å². The normalized spacial score (nSPS) is 11.4. The molecule has 31 heavy (non-hydrogen) atoms. The minimum absolute atomic E-state index is 0.742. The van der Waals surface area contributed by atoms with Crippen LogP contribution in [0.2, 0.25) is 0 Å². The largest absolute Gasteiger partial charge is 0.493 e. The Balaban J connectivity index is 1.08. The van der Waals surface area contributed by atoms with Crippen molar-refractivity contribution >= 4 is 21.8 Å². The summed E-state index contributed by atoms with van der Waals surface area (Å²) >= 11 is 0. The van der Waals surface area contributed by atoms with E-state index in [1.54, 1.807) is 6.20 Å². The van der Waals surface area contributed by atoms with Crippen LogP contribution in [0, 0.1) is 0 Å². The number of aromatic amines is 2. The third-order valence-corrected chi connectivity index (χ3v) is 5.87. The molecule has 0 saturated heterocycles. The van der Waals surface area contributed by atoms with Gasteiger partial charge in [-0.1, -0.05) is 55.3 Å². The van der Waals surface area contributed by atoms with E-state index in [9.17, 15) is 0 Å². The molecule has 156 valence electrons. The van der Waals surface area contributed by atoms with Gasteiger partial charge in [0.2, 0.25) is 0 Å². The third kappa shape index (κ3) is 4.33. The van der Waals surface area contributed by atoms with Gasteiger partial charge in [0.25, 0.3) is 0 Å². The molecule has 0 radical (unpaired) electrons. The van der Waals surface area contributed by atoms with Crippen LogP contribution in [0.4, 0.5) is 0 Å². The van der Waals surface area contributed by atoms with Crippen LogP contribution < -0.4 is 4.74 Å². The second-order valence-corrected chi connectivity index (χ2v) is 8.03. The molecule has 0 saturated carbocycles. The molecule has 0 unspecified atom stereocenters. The van der Waals surface area contributed by atoms with Gasteiger partial charge in [0.15, 0.2) is 0 Å². The number of nitrogens with zero attached hydrogens (tertiary/aromatic N) is 1. The van der Waals surface area contributed by atoms with Crippen molar-refractivity contribution in [3.63, 3.8) is 0 Å². The summed E-state index contributed by atoms with van der Waals surface area (Å²) in [7, 11) is 0. The van der Waals surface area contributed by atoms with Gasteiger partial charge in [-0.2, -0.15) is 5.10 Å². The van der Waals surface area contributed by atoms with Gasteiger partial charge in [0, 0.05) is 33.6 Å². The van der Waals surface area contributed by atoms with Crippen molar-refractivity contribution in [1.82, 2.24) is 15.2 Å². The molecule has 0 atom stereocenters. The van der Waals surface area contributed by atoms with Crippen molar-refractivity contribution in [3.8, 4) is 17.0 Å². The quantitative estimate of drug-likeness (QED) is 0.260. The number of aryl methyl sites for hydroxylation is 1. The van der Waals surface area contributed by atoms with Gasteiger partial charge in [-0.3, -0.25) is 5.10 Å². The molecule has 4 heteroatoms. The van der Waals surface area contributed by atoms with E-state index < -0.39 is 0 Å². The molecule has 2 aromatic heterocycles. The molecule has 5 aromatic rings. The number of hydrogen-bond donors (Lipinski definition) is 2. The Morgan fingerprint density at radius 2 is 1.58 bits per heavy atom. The van der Waals surface area contributed by atoms with Gasteiger partial charge in [-0.25, -0.2) is 0 Å². The number of H-pyrrole nitrogens is 2. The second-order valence-electron chi connectivity index (χ2n) is 8.03. The molecule has 0 amide bonds. The number of aromatic nitrogens is 3. The van der Waals surface area contributed by atoms with E-state index in [0.29, 0.717) is 0 Å². The van der Waals surface area contributed by atoms with E-state index in [2.05, 4.69) is 63.7 Å². The van der Waals surface area contributed by atoms with Crippen molar-refractivity contribution in [2.45, 2.75) is 32.1 Å². The van der Waals surface area contributed by atoms with Crippen LogP contribution >= 0.6 is 0 Å². The summed E-state index contributed by atoms with van der Waals surface area (Å²) in [5.41, 5.74) is 5.91. The highest BCUT2D eigenvalue weighted by atomic mass is 16.5. The second kappa shape index (κ2) is 9.09. The molecular formula is C27H27N3O.